The molecule has 0 radical (unpaired) electrons. The molecule has 0 saturated carbocycles. The van der Waals surface area contributed by atoms with Crippen LogP contribution in [0.25, 0.3) is 0 Å². The Balaban J connectivity index is 0.000000673. The molecule has 7 heteroatoms. The van der Waals surface area contributed by atoms with Crippen molar-refractivity contribution in [3.8, 4) is 0 Å². The van der Waals surface area contributed by atoms with Gasteiger partial charge in [0.25, 0.3) is 5.54 Å². The monoisotopic (exact) mass is 233 g/mol. The lowest BCUT2D eigenvalue weighted by molar-refractivity contribution is -0.596. The fraction of sp³-hybridized carbons (Fsp3) is 0.889. The highest BCUT2D eigenvalue weighted by molar-refractivity contribution is 5.20. The van der Waals surface area contributed by atoms with Gasteiger partial charge in [0.05, 0.1) is 0 Å². The predicted octanol–water partition coefficient (Wildman–Crippen LogP) is 0.611. The van der Waals surface area contributed by atoms with Crippen LogP contribution in [0.2, 0.25) is 0 Å². The molecule has 0 atom stereocenters. The Morgan fingerprint density at radius 2 is 1.69 bits per heavy atom. The van der Waals surface area contributed by atoms with Crippen molar-refractivity contribution in [3.63, 3.8) is 0 Å². The van der Waals surface area contributed by atoms with Crippen LogP contribution >= 0.6 is 0 Å². The van der Waals surface area contributed by atoms with E-state index in [2.05, 4.69) is 0 Å². The van der Waals surface area contributed by atoms with Gasteiger partial charge >= 0.3 is 6.15 Å². The van der Waals surface area contributed by atoms with Gasteiger partial charge in [0.2, 0.25) is 0 Å². The molecule has 1 rings (SSSR count). The molecule has 1 aliphatic rings. The van der Waals surface area contributed by atoms with Crippen molar-refractivity contribution in [2.45, 2.75) is 38.5 Å². The molecule has 0 aromatic rings. The Morgan fingerprint density at radius 1 is 1.31 bits per heavy atom. The smallest absolute Gasteiger partial charge is 0.343 e. The molecule has 1 aliphatic heterocycles. The maximum absolute atomic E-state index is 10.8. The van der Waals surface area contributed by atoms with E-state index in [0.717, 1.165) is 0 Å². The van der Waals surface area contributed by atoms with Crippen LogP contribution in [0.4, 0.5) is 0 Å². The molecule has 0 N–H and O–H groups in total. The quantitative estimate of drug-likeness (QED) is 0.512. The van der Waals surface area contributed by atoms with E-state index in [1.54, 1.807) is 20.8 Å². The van der Waals surface area contributed by atoms with Crippen molar-refractivity contribution in [3.05, 3.63) is 10.1 Å². The largest absolute Gasteiger partial charge is 0.373 e. The van der Waals surface area contributed by atoms with Gasteiger partial charge in [-0.15, -0.1) is 0 Å². The normalized spacial score (nSPS) is 21.2. The molecule has 0 spiro atoms. The van der Waals surface area contributed by atoms with Crippen molar-refractivity contribution < 1.29 is 24.0 Å². The van der Waals surface area contributed by atoms with Crippen molar-refractivity contribution in [1.82, 2.24) is 0 Å². The summed E-state index contributed by atoms with van der Waals surface area (Å²) in [5.41, 5.74) is -1.05. The Bertz CT molecular complexity index is 272. The molecule has 0 amide bonds. The van der Waals surface area contributed by atoms with E-state index in [0.29, 0.717) is 6.42 Å². The summed E-state index contributed by atoms with van der Waals surface area (Å²) in [7, 11) is 0. The first-order chi connectivity index (χ1) is 7.33. The summed E-state index contributed by atoms with van der Waals surface area (Å²) in [5.74, 6) is -0.686. The van der Waals surface area contributed by atoms with Crippen LogP contribution in [0.15, 0.2) is 0 Å². The Morgan fingerprint density at radius 3 is 1.94 bits per heavy atom. The van der Waals surface area contributed by atoms with Crippen LogP contribution in [-0.4, -0.2) is 35.6 Å². The fourth-order valence-electron chi connectivity index (χ4n) is 1.14. The molecule has 16 heavy (non-hydrogen) atoms. The van der Waals surface area contributed by atoms with Gasteiger partial charge in [0.1, 0.15) is 13.2 Å². The van der Waals surface area contributed by atoms with Crippen LogP contribution in [0.3, 0.4) is 0 Å². The summed E-state index contributed by atoms with van der Waals surface area (Å²) in [6.07, 6.45) is 0.677. The average Bonchev–Trinajstić information content (AvgIpc) is 2.19. The molecular formula is C9H15NO6. The van der Waals surface area contributed by atoms with Gasteiger partial charge in [-0.05, 0) is 13.8 Å². The van der Waals surface area contributed by atoms with Gasteiger partial charge in [-0.1, -0.05) is 6.92 Å². The van der Waals surface area contributed by atoms with Crippen LogP contribution in [0.1, 0.15) is 27.2 Å². The maximum Gasteiger partial charge on any atom is 0.373 e. The SMILES string of the molecule is CCC1([N+](=O)[O-])COC(C)(C)OC1.O=C=O. The molecule has 0 aromatic carbocycles. The molecule has 0 aromatic heterocycles. The zero-order valence-corrected chi connectivity index (χ0v) is 9.52. The number of hydrogen-bond donors (Lipinski definition) is 0. The second kappa shape index (κ2) is 5.69. The number of rotatable bonds is 2. The first-order valence-electron chi connectivity index (χ1n) is 4.75. The molecule has 0 unspecified atom stereocenters. The minimum absolute atomic E-state index is 0.128. The van der Waals surface area contributed by atoms with E-state index in [9.17, 15) is 10.1 Å². The van der Waals surface area contributed by atoms with E-state index in [4.69, 9.17) is 19.1 Å². The molecule has 0 aliphatic carbocycles. The molecule has 0 bridgehead atoms. The molecule has 92 valence electrons. The Hall–Kier alpha value is -1.30. The molecule has 1 saturated heterocycles. The highest BCUT2D eigenvalue weighted by Gasteiger charge is 2.48. The van der Waals surface area contributed by atoms with Crippen LogP contribution in [0, 0.1) is 10.1 Å². The summed E-state index contributed by atoms with van der Waals surface area (Å²) in [6.45, 7) is 5.54. The minimum Gasteiger partial charge on any atom is -0.343 e. The van der Waals surface area contributed by atoms with E-state index >= 15 is 0 Å². The van der Waals surface area contributed by atoms with Crippen molar-refractivity contribution in [1.29, 1.82) is 0 Å². The topological polar surface area (TPSA) is 95.7 Å². The molecule has 1 fully saturated rings. The lowest BCUT2D eigenvalue weighted by atomic mass is 9.98. The summed E-state index contributed by atoms with van der Waals surface area (Å²) in [6, 6.07) is 0. The third-order valence-corrected chi connectivity index (χ3v) is 2.42. The number of nitro groups is 1. The van der Waals surface area contributed by atoms with Crippen molar-refractivity contribution in [2.75, 3.05) is 13.2 Å². The van der Waals surface area contributed by atoms with Gasteiger partial charge in [-0.25, -0.2) is 0 Å². The third-order valence-electron chi connectivity index (χ3n) is 2.42. The average molecular weight is 233 g/mol. The highest BCUT2D eigenvalue weighted by atomic mass is 16.7. The summed E-state index contributed by atoms with van der Waals surface area (Å²) in [5, 5.41) is 10.8. The Kier molecular flexibility index (Phi) is 5.23. The van der Waals surface area contributed by atoms with Crippen molar-refractivity contribution in [2.24, 2.45) is 0 Å². The lowest BCUT2D eigenvalue weighted by Crippen LogP contribution is -2.55. The highest BCUT2D eigenvalue weighted by Crippen LogP contribution is 2.27. The van der Waals surface area contributed by atoms with Gasteiger partial charge in [0.15, 0.2) is 5.79 Å². The number of nitrogens with zero attached hydrogens (tertiary/aromatic N) is 1. The fourth-order valence-corrected chi connectivity index (χ4v) is 1.14. The summed E-state index contributed by atoms with van der Waals surface area (Å²) >= 11 is 0. The third kappa shape index (κ3) is 3.69. The zero-order valence-electron chi connectivity index (χ0n) is 9.52. The van der Waals surface area contributed by atoms with Gasteiger partial charge in [-0.3, -0.25) is 10.1 Å². The second-order valence-corrected chi connectivity index (χ2v) is 3.90. The van der Waals surface area contributed by atoms with Crippen LogP contribution in [-0.2, 0) is 19.1 Å². The Labute approximate surface area is 92.9 Å². The standard InChI is InChI=1S/C8H15NO4.CO2/c1-4-8(9(10)11)5-12-7(2,3)13-6-8;2-1-3/h4-6H2,1-3H3;. The summed E-state index contributed by atoms with van der Waals surface area (Å²) in [4.78, 5) is 26.7. The van der Waals surface area contributed by atoms with Gasteiger partial charge in [-0.2, -0.15) is 9.59 Å². The second-order valence-electron chi connectivity index (χ2n) is 3.90. The predicted molar refractivity (Wildman–Crippen MR) is 51.0 cm³/mol. The first kappa shape index (κ1) is 14.7. The minimum atomic E-state index is -1.05. The van der Waals surface area contributed by atoms with E-state index in [1.807, 2.05) is 0 Å². The number of hydrogen-bond acceptors (Lipinski definition) is 6. The lowest BCUT2D eigenvalue weighted by Gasteiger charge is -2.37. The van der Waals surface area contributed by atoms with E-state index < -0.39 is 11.3 Å². The zero-order chi connectivity index (χ0) is 12.8. The summed E-state index contributed by atoms with van der Waals surface area (Å²) < 4.78 is 10.5. The maximum atomic E-state index is 10.8. The number of carbonyl (C=O) groups excluding carboxylic acids is 2. The molecule has 1 heterocycles. The first-order valence-corrected chi connectivity index (χ1v) is 4.75. The molecule has 7 nitrogen and oxygen atoms in total. The van der Waals surface area contributed by atoms with Crippen LogP contribution in [0.5, 0.6) is 0 Å². The van der Waals surface area contributed by atoms with Gasteiger partial charge < -0.3 is 9.47 Å². The van der Waals surface area contributed by atoms with Crippen LogP contribution < -0.4 is 0 Å². The molecular weight excluding hydrogens is 218 g/mol. The van der Waals surface area contributed by atoms with Gasteiger partial charge in [0, 0.05) is 11.3 Å². The van der Waals surface area contributed by atoms with E-state index in [1.165, 1.54) is 0 Å². The number of ether oxygens (including phenoxy) is 2. The van der Waals surface area contributed by atoms with Crippen molar-refractivity contribution >= 4 is 6.15 Å². The van der Waals surface area contributed by atoms with E-state index in [-0.39, 0.29) is 24.3 Å².